The summed E-state index contributed by atoms with van der Waals surface area (Å²) in [6, 6.07) is 5.19. The maximum absolute atomic E-state index is 14.6. The van der Waals surface area contributed by atoms with E-state index in [-0.39, 0.29) is 5.56 Å². The second kappa shape index (κ2) is 7.42. The van der Waals surface area contributed by atoms with E-state index in [0.29, 0.717) is 41.6 Å². The van der Waals surface area contributed by atoms with Crippen molar-refractivity contribution in [1.29, 1.82) is 0 Å². The monoisotopic (exact) mass is 403 g/mol. The maximum atomic E-state index is 14.6. The first-order chi connectivity index (χ1) is 13.9. The molecule has 0 spiro atoms. The van der Waals surface area contributed by atoms with Gasteiger partial charge >= 0.3 is 0 Å². The zero-order valence-corrected chi connectivity index (χ0v) is 16.2. The third-order valence-electron chi connectivity index (χ3n) is 5.05. The van der Waals surface area contributed by atoms with Crippen LogP contribution in [0.3, 0.4) is 0 Å². The molecule has 1 atom stereocenters. The van der Waals surface area contributed by atoms with Crippen LogP contribution in [0.15, 0.2) is 24.3 Å². The normalized spacial score (nSPS) is 14.0. The standard InChI is InChI=1S/C21H20F3N3O2/c1-10(12-5-4-6-13(17(12)22)20(23)24)25-21-15-9-16(28-3)19-14(7-8-29-19)18(15)26-11(2)27-21/h4-6,9-10,20H,7-8H2,1-3H3,(H,25,26,27). The van der Waals surface area contributed by atoms with Crippen LogP contribution in [0, 0.1) is 12.7 Å². The molecular weight excluding hydrogens is 383 g/mol. The van der Waals surface area contributed by atoms with Crippen LogP contribution in [0.25, 0.3) is 10.9 Å². The largest absolute Gasteiger partial charge is 0.493 e. The van der Waals surface area contributed by atoms with Gasteiger partial charge in [-0.2, -0.15) is 0 Å². The lowest BCUT2D eigenvalue weighted by Gasteiger charge is -2.19. The molecule has 0 amide bonds. The molecule has 0 radical (unpaired) electrons. The molecule has 1 aromatic heterocycles. The van der Waals surface area contributed by atoms with Gasteiger partial charge in [-0.3, -0.25) is 0 Å². The average Bonchev–Trinajstić information content (AvgIpc) is 3.17. The number of hydrogen-bond donors (Lipinski definition) is 1. The molecule has 4 rings (SSSR count). The van der Waals surface area contributed by atoms with Gasteiger partial charge in [0.2, 0.25) is 0 Å². The minimum atomic E-state index is -2.88. The maximum Gasteiger partial charge on any atom is 0.266 e. The molecule has 0 aliphatic carbocycles. The molecule has 152 valence electrons. The van der Waals surface area contributed by atoms with Gasteiger partial charge in [0.25, 0.3) is 6.43 Å². The summed E-state index contributed by atoms with van der Waals surface area (Å²) in [6.45, 7) is 4.00. The van der Waals surface area contributed by atoms with Gasteiger partial charge in [0, 0.05) is 22.9 Å². The number of halogens is 3. The molecule has 2 aromatic carbocycles. The Morgan fingerprint density at radius 3 is 2.69 bits per heavy atom. The number of nitrogens with zero attached hydrogens (tertiary/aromatic N) is 2. The van der Waals surface area contributed by atoms with E-state index in [1.54, 1.807) is 27.0 Å². The van der Waals surface area contributed by atoms with E-state index in [4.69, 9.17) is 9.47 Å². The van der Waals surface area contributed by atoms with Gasteiger partial charge in [-0.25, -0.2) is 23.1 Å². The topological polar surface area (TPSA) is 56.3 Å². The van der Waals surface area contributed by atoms with Gasteiger partial charge < -0.3 is 14.8 Å². The number of aryl methyl sites for hydroxylation is 1. The van der Waals surface area contributed by atoms with Crippen molar-refractivity contribution in [3.05, 3.63) is 52.6 Å². The molecule has 8 heteroatoms. The smallest absolute Gasteiger partial charge is 0.266 e. The molecule has 0 bridgehead atoms. The summed E-state index contributed by atoms with van der Waals surface area (Å²) in [6.07, 6.45) is -2.18. The van der Waals surface area contributed by atoms with Gasteiger partial charge in [-0.1, -0.05) is 18.2 Å². The Hall–Kier alpha value is -3.03. The molecule has 5 nitrogen and oxygen atoms in total. The van der Waals surface area contributed by atoms with Gasteiger partial charge in [0.05, 0.1) is 30.8 Å². The lowest BCUT2D eigenvalue weighted by Crippen LogP contribution is -2.12. The summed E-state index contributed by atoms with van der Waals surface area (Å²) < 4.78 is 51.8. The van der Waals surface area contributed by atoms with Crippen molar-refractivity contribution in [3.63, 3.8) is 0 Å². The SMILES string of the molecule is COc1cc2c(NC(C)c3cccc(C(F)F)c3F)nc(C)nc2c2c1OCC2. The van der Waals surface area contributed by atoms with Crippen molar-refractivity contribution in [3.8, 4) is 11.5 Å². The number of nitrogens with one attached hydrogen (secondary N) is 1. The van der Waals surface area contributed by atoms with Crippen molar-refractivity contribution >= 4 is 16.7 Å². The van der Waals surface area contributed by atoms with E-state index in [0.717, 1.165) is 17.1 Å². The summed E-state index contributed by atoms with van der Waals surface area (Å²) in [4.78, 5) is 9.02. The van der Waals surface area contributed by atoms with Gasteiger partial charge in [0.1, 0.15) is 17.5 Å². The van der Waals surface area contributed by atoms with Crippen molar-refractivity contribution in [1.82, 2.24) is 9.97 Å². The molecule has 3 aromatic rings. The van der Waals surface area contributed by atoms with Gasteiger partial charge in [0.15, 0.2) is 11.5 Å². The van der Waals surface area contributed by atoms with E-state index in [1.165, 1.54) is 12.1 Å². The molecule has 0 fully saturated rings. The van der Waals surface area contributed by atoms with Crippen molar-refractivity contribution < 1.29 is 22.6 Å². The Kier molecular flexibility index (Phi) is 4.94. The quantitative estimate of drug-likeness (QED) is 0.640. The summed E-state index contributed by atoms with van der Waals surface area (Å²) in [7, 11) is 1.55. The highest BCUT2D eigenvalue weighted by Crippen LogP contribution is 2.42. The Morgan fingerprint density at radius 1 is 1.21 bits per heavy atom. The Morgan fingerprint density at radius 2 is 1.97 bits per heavy atom. The van der Waals surface area contributed by atoms with Crippen LogP contribution in [-0.2, 0) is 6.42 Å². The third-order valence-corrected chi connectivity index (χ3v) is 5.05. The molecule has 0 saturated heterocycles. The lowest BCUT2D eigenvalue weighted by molar-refractivity contribution is 0.146. The molecule has 1 aliphatic heterocycles. The molecule has 1 aliphatic rings. The van der Waals surface area contributed by atoms with Crippen LogP contribution in [-0.4, -0.2) is 23.7 Å². The number of alkyl halides is 2. The van der Waals surface area contributed by atoms with Crippen LogP contribution < -0.4 is 14.8 Å². The second-order valence-corrected chi connectivity index (χ2v) is 6.92. The second-order valence-electron chi connectivity index (χ2n) is 6.92. The van der Waals surface area contributed by atoms with Crippen LogP contribution >= 0.6 is 0 Å². The zero-order valence-electron chi connectivity index (χ0n) is 16.2. The fourth-order valence-corrected chi connectivity index (χ4v) is 3.66. The van der Waals surface area contributed by atoms with E-state index < -0.39 is 23.8 Å². The Balaban J connectivity index is 1.80. The number of hydrogen-bond acceptors (Lipinski definition) is 5. The van der Waals surface area contributed by atoms with E-state index in [1.807, 2.05) is 0 Å². The highest BCUT2D eigenvalue weighted by atomic mass is 19.3. The number of methoxy groups -OCH3 is 1. The minimum absolute atomic E-state index is 0.142. The van der Waals surface area contributed by atoms with Crippen LogP contribution in [0.5, 0.6) is 11.5 Å². The number of anilines is 1. The lowest BCUT2D eigenvalue weighted by atomic mass is 10.0. The minimum Gasteiger partial charge on any atom is -0.493 e. The number of ether oxygens (including phenoxy) is 2. The summed E-state index contributed by atoms with van der Waals surface area (Å²) in [5, 5.41) is 3.86. The number of aromatic nitrogens is 2. The molecule has 2 heterocycles. The molecular formula is C21H20F3N3O2. The van der Waals surface area contributed by atoms with Crippen LogP contribution in [0.4, 0.5) is 19.0 Å². The van der Waals surface area contributed by atoms with Crippen molar-refractivity contribution in [2.24, 2.45) is 0 Å². The first-order valence-corrected chi connectivity index (χ1v) is 9.24. The fourth-order valence-electron chi connectivity index (χ4n) is 3.66. The van der Waals surface area contributed by atoms with Gasteiger partial charge in [-0.05, 0) is 19.9 Å². The van der Waals surface area contributed by atoms with E-state index in [2.05, 4.69) is 15.3 Å². The molecule has 1 N–H and O–H groups in total. The number of fused-ring (bicyclic) bond motifs is 3. The predicted molar refractivity (Wildman–Crippen MR) is 103 cm³/mol. The van der Waals surface area contributed by atoms with Crippen molar-refractivity contribution in [2.75, 3.05) is 19.0 Å². The first kappa shape index (κ1) is 19.3. The summed E-state index contributed by atoms with van der Waals surface area (Å²) in [5.74, 6) is 1.35. The summed E-state index contributed by atoms with van der Waals surface area (Å²) in [5.41, 5.74) is 1.20. The highest BCUT2D eigenvalue weighted by molar-refractivity contribution is 5.95. The molecule has 0 saturated carbocycles. The van der Waals surface area contributed by atoms with E-state index in [9.17, 15) is 13.2 Å². The van der Waals surface area contributed by atoms with E-state index >= 15 is 0 Å². The molecule has 1 unspecified atom stereocenters. The predicted octanol–water partition coefficient (Wildman–Crippen LogP) is 5.13. The highest BCUT2D eigenvalue weighted by Gasteiger charge is 2.25. The molecule has 29 heavy (non-hydrogen) atoms. The summed E-state index contributed by atoms with van der Waals surface area (Å²) >= 11 is 0. The van der Waals surface area contributed by atoms with Gasteiger partial charge in [-0.15, -0.1) is 0 Å². The Labute approximate surface area is 165 Å². The Bertz CT molecular complexity index is 1090. The zero-order chi connectivity index (χ0) is 20.7. The van der Waals surface area contributed by atoms with Crippen molar-refractivity contribution in [2.45, 2.75) is 32.7 Å². The average molecular weight is 403 g/mol. The fraction of sp³-hybridized carbons (Fsp3) is 0.333. The van der Waals surface area contributed by atoms with Crippen LogP contribution in [0.2, 0.25) is 0 Å². The first-order valence-electron chi connectivity index (χ1n) is 9.24. The van der Waals surface area contributed by atoms with Crippen LogP contribution in [0.1, 0.15) is 41.9 Å². The third kappa shape index (κ3) is 3.32. The number of rotatable bonds is 5. The number of benzene rings is 2.